The van der Waals surface area contributed by atoms with E-state index in [0.717, 1.165) is 57.3 Å². The lowest BCUT2D eigenvalue weighted by Crippen LogP contribution is -2.51. The van der Waals surface area contributed by atoms with E-state index in [1.165, 1.54) is 27.7 Å². The molecule has 0 radical (unpaired) electrons. The minimum atomic E-state index is -0.336. The highest BCUT2D eigenvalue weighted by Crippen LogP contribution is 2.41. The topological polar surface area (TPSA) is 105 Å². The molecule has 0 aliphatic carbocycles. The Kier molecular flexibility index (Phi) is 8.67. The van der Waals surface area contributed by atoms with Gasteiger partial charge in [-0.2, -0.15) is 0 Å². The lowest BCUT2D eigenvalue weighted by Gasteiger charge is -2.43. The zero-order valence-electron chi connectivity index (χ0n) is 26.3. The molecule has 1 aromatic heterocycles. The van der Waals surface area contributed by atoms with Crippen molar-refractivity contribution in [3.05, 3.63) is 101 Å². The predicted molar refractivity (Wildman–Crippen MR) is 171 cm³/mol. The van der Waals surface area contributed by atoms with E-state index in [1.54, 1.807) is 19.2 Å². The Morgan fingerprint density at radius 3 is 2.44 bits per heavy atom. The predicted octanol–water partition coefficient (Wildman–Crippen LogP) is 4.20. The van der Waals surface area contributed by atoms with Gasteiger partial charge >= 0.3 is 0 Å². The van der Waals surface area contributed by atoms with E-state index >= 15 is 0 Å². The molecule has 234 valence electrons. The fourth-order valence-corrected chi connectivity index (χ4v) is 7.07. The summed E-state index contributed by atoms with van der Waals surface area (Å²) in [5.41, 5.74) is 5.66. The summed E-state index contributed by atoms with van der Waals surface area (Å²) in [6.45, 7) is 8.28. The highest BCUT2D eigenvalue weighted by molar-refractivity contribution is 5.97. The molecular formula is C35H41N7O3. The number of ether oxygens (including phenoxy) is 1. The lowest BCUT2D eigenvalue weighted by molar-refractivity contribution is -0.112. The van der Waals surface area contributed by atoms with E-state index in [4.69, 9.17) is 4.74 Å². The largest absolute Gasteiger partial charge is 0.496 e. The number of carbonyl (C=O) groups is 2. The SMILES string of the molecule is COc1ccc(-n2cnnn2)cc1C(=O)N1CCC(CCN2CCC(NC=O)(c3ccccc3)CC2)(c2ccc(C)c(C)c2)C1. The van der Waals surface area contributed by atoms with Crippen molar-refractivity contribution in [3.63, 3.8) is 0 Å². The molecule has 2 aliphatic rings. The quantitative estimate of drug-likeness (QED) is 0.270. The highest BCUT2D eigenvalue weighted by Gasteiger charge is 2.43. The maximum Gasteiger partial charge on any atom is 0.257 e. The smallest absolute Gasteiger partial charge is 0.257 e. The number of piperidine rings is 1. The number of rotatable bonds is 10. The normalized spacial score (nSPS) is 19.8. The second-order valence-electron chi connectivity index (χ2n) is 12.5. The first kappa shape index (κ1) is 30.5. The van der Waals surface area contributed by atoms with Gasteiger partial charge in [0, 0.05) is 31.6 Å². The zero-order chi connectivity index (χ0) is 31.4. The summed E-state index contributed by atoms with van der Waals surface area (Å²) in [6, 6.07) is 22.5. The monoisotopic (exact) mass is 607 g/mol. The van der Waals surface area contributed by atoms with Gasteiger partial charge in [-0.05, 0) is 97.0 Å². The minimum Gasteiger partial charge on any atom is -0.496 e. The lowest BCUT2D eigenvalue weighted by atomic mass is 9.75. The first-order chi connectivity index (χ1) is 21.9. The van der Waals surface area contributed by atoms with Crippen LogP contribution in [0, 0.1) is 13.8 Å². The summed E-state index contributed by atoms with van der Waals surface area (Å²) in [5.74, 6) is 0.470. The van der Waals surface area contributed by atoms with Crippen LogP contribution in [0.4, 0.5) is 0 Å². The molecule has 1 N–H and O–H groups in total. The van der Waals surface area contributed by atoms with Gasteiger partial charge in [-0.15, -0.1) is 5.10 Å². The molecule has 0 spiro atoms. The molecule has 2 amide bonds. The first-order valence-corrected chi connectivity index (χ1v) is 15.6. The molecule has 2 aliphatic heterocycles. The highest BCUT2D eigenvalue weighted by atomic mass is 16.5. The number of nitrogens with one attached hydrogen (secondary N) is 1. The molecule has 3 aromatic carbocycles. The fourth-order valence-electron chi connectivity index (χ4n) is 7.07. The number of benzene rings is 3. The number of hydrogen-bond acceptors (Lipinski definition) is 7. The minimum absolute atomic E-state index is 0.0574. The zero-order valence-corrected chi connectivity index (χ0v) is 26.3. The average molecular weight is 608 g/mol. The van der Waals surface area contributed by atoms with Gasteiger partial charge in [0.2, 0.25) is 6.41 Å². The number of likely N-dealkylation sites (tertiary alicyclic amines) is 2. The first-order valence-electron chi connectivity index (χ1n) is 15.6. The van der Waals surface area contributed by atoms with Gasteiger partial charge in [0.05, 0.1) is 23.9 Å². The standard InChI is InChI=1S/C35H41N7O3/c1-26-9-10-29(21-27(26)2)34(13-17-40-18-15-35(16-19-40,36-25-43)28-7-5-4-6-8-28)14-20-41(23-34)33(44)31-22-30(11-12-32(31)45-3)42-24-37-38-39-42/h4-12,21-22,24-25H,13-20,23H2,1-3H3,(H,36,43). The van der Waals surface area contributed by atoms with Crippen LogP contribution in [0.2, 0.25) is 0 Å². The Balaban J connectivity index is 1.22. The van der Waals surface area contributed by atoms with Crippen LogP contribution in [-0.2, 0) is 15.7 Å². The molecule has 4 aromatic rings. The number of hydrogen-bond donors (Lipinski definition) is 1. The molecule has 3 heterocycles. The molecule has 2 fully saturated rings. The molecule has 45 heavy (non-hydrogen) atoms. The van der Waals surface area contributed by atoms with Crippen LogP contribution in [0.5, 0.6) is 5.75 Å². The van der Waals surface area contributed by atoms with Crippen molar-refractivity contribution in [2.24, 2.45) is 0 Å². The van der Waals surface area contributed by atoms with E-state index in [0.29, 0.717) is 30.1 Å². The van der Waals surface area contributed by atoms with Gasteiger partial charge in [0.25, 0.3) is 5.91 Å². The third-order valence-electron chi connectivity index (χ3n) is 10.1. The summed E-state index contributed by atoms with van der Waals surface area (Å²) in [4.78, 5) is 30.2. The van der Waals surface area contributed by atoms with E-state index in [2.05, 4.69) is 69.9 Å². The van der Waals surface area contributed by atoms with E-state index < -0.39 is 0 Å². The van der Waals surface area contributed by atoms with E-state index in [-0.39, 0.29) is 16.9 Å². The molecular weight excluding hydrogens is 566 g/mol. The number of methoxy groups -OCH3 is 1. The van der Waals surface area contributed by atoms with Crippen LogP contribution < -0.4 is 10.1 Å². The third-order valence-corrected chi connectivity index (χ3v) is 10.1. The molecule has 0 saturated carbocycles. The molecule has 0 bridgehead atoms. The Morgan fingerprint density at radius 1 is 0.956 bits per heavy atom. The Morgan fingerprint density at radius 2 is 1.76 bits per heavy atom. The van der Waals surface area contributed by atoms with E-state index in [9.17, 15) is 9.59 Å². The fraction of sp³-hybridized carbons (Fsp3) is 0.400. The molecule has 2 saturated heterocycles. The van der Waals surface area contributed by atoms with Crippen LogP contribution in [-0.4, -0.2) is 82.2 Å². The van der Waals surface area contributed by atoms with Crippen molar-refractivity contribution < 1.29 is 14.3 Å². The summed E-state index contributed by atoms with van der Waals surface area (Å²) in [6.07, 6.45) is 5.87. The Bertz CT molecular complexity index is 1630. The van der Waals surface area contributed by atoms with Crippen LogP contribution in [0.15, 0.2) is 73.1 Å². The van der Waals surface area contributed by atoms with Crippen LogP contribution in [0.25, 0.3) is 5.69 Å². The summed E-state index contributed by atoms with van der Waals surface area (Å²) in [5, 5.41) is 14.6. The van der Waals surface area contributed by atoms with Gasteiger partial charge in [-0.3, -0.25) is 9.59 Å². The Hall–Kier alpha value is -4.57. The van der Waals surface area contributed by atoms with Gasteiger partial charge in [-0.1, -0.05) is 48.5 Å². The second-order valence-corrected chi connectivity index (χ2v) is 12.5. The molecule has 1 unspecified atom stereocenters. The van der Waals surface area contributed by atoms with E-state index in [1.807, 2.05) is 29.2 Å². The van der Waals surface area contributed by atoms with Crippen LogP contribution in [0.1, 0.15) is 58.3 Å². The number of amides is 2. The number of aryl methyl sites for hydroxylation is 2. The van der Waals surface area contributed by atoms with Gasteiger partial charge in [0.1, 0.15) is 12.1 Å². The number of carbonyl (C=O) groups excluding carboxylic acids is 2. The number of tetrazole rings is 1. The molecule has 10 heteroatoms. The third kappa shape index (κ3) is 6.07. The van der Waals surface area contributed by atoms with Gasteiger partial charge in [-0.25, -0.2) is 4.68 Å². The molecule has 1 atom stereocenters. The van der Waals surface area contributed by atoms with Crippen molar-refractivity contribution in [1.82, 2.24) is 35.3 Å². The van der Waals surface area contributed by atoms with Crippen LogP contribution >= 0.6 is 0 Å². The number of aromatic nitrogens is 4. The second kappa shape index (κ2) is 12.8. The van der Waals surface area contributed by atoms with Crippen molar-refractivity contribution in [2.75, 3.05) is 39.8 Å². The summed E-state index contributed by atoms with van der Waals surface area (Å²) < 4.78 is 7.15. The van der Waals surface area contributed by atoms with Crippen molar-refractivity contribution in [2.45, 2.75) is 50.5 Å². The van der Waals surface area contributed by atoms with Gasteiger partial charge < -0.3 is 19.9 Å². The number of nitrogens with zero attached hydrogens (tertiary/aromatic N) is 6. The van der Waals surface area contributed by atoms with Crippen molar-refractivity contribution in [1.29, 1.82) is 0 Å². The molecule has 10 nitrogen and oxygen atoms in total. The summed E-state index contributed by atoms with van der Waals surface area (Å²) in [7, 11) is 1.59. The molecule has 6 rings (SSSR count). The average Bonchev–Trinajstić information content (AvgIpc) is 3.78. The van der Waals surface area contributed by atoms with Crippen LogP contribution in [0.3, 0.4) is 0 Å². The maximum absolute atomic E-state index is 14.1. The Labute approximate surface area is 264 Å². The van der Waals surface area contributed by atoms with Crippen molar-refractivity contribution >= 4 is 12.3 Å². The van der Waals surface area contributed by atoms with Gasteiger partial charge in [0.15, 0.2) is 0 Å². The maximum atomic E-state index is 14.1. The summed E-state index contributed by atoms with van der Waals surface area (Å²) >= 11 is 0. The van der Waals surface area contributed by atoms with Crippen molar-refractivity contribution in [3.8, 4) is 11.4 Å².